The second-order valence-corrected chi connectivity index (χ2v) is 9.12. The molecule has 1 aromatic carbocycles. The Morgan fingerprint density at radius 3 is 2.56 bits per heavy atom. The van der Waals surface area contributed by atoms with Crippen LogP contribution in [0.5, 0.6) is 5.75 Å². The largest absolute Gasteiger partial charge is 0.491 e. The molecular formula is C24H37N3O5. The zero-order valence-electron chi connectivity index (χ0n) is 19.9. The van der Waals surface area contributed by atoms with E-state index in [1.807, 2.05) is 0 Å². The van der Waals surface area contributed by atoms with Gasteiger partial charge in [0.25, 0.3) is 5.91 Å². The van der Waals surface area contributed by atoms with E-state index < -0.39 is 0 Å². The van der Waals surface area contributed by atoms with Crippen LogP contribution in [0.3, 0.4) is 0 Å². The highest BCUT2D eigenvalue weighted by molar-refractivity contribution is 5.98. The first-order chi connectivity index (χ1) is 15.3. The summed E-state index contributed by atoms with van der Waals surface area (Å²) in [5.41, 5.74) is 1.11. The molecule has 8 heteroatoms. The number of carbonyl (C=O) groups excluding carboxylic acids is 2. The zero-order chi connectivity index (χ0) is 23.3. The lowest BCUT2D eigenvalue weighted by Gasteiger charge is -2.34. The van der Waals surface area contributed by atoms with Crippen LogP contribution in [0.1, 0.15) is 37.0 Å². The molecule has 2 heterocycles. The maximum absolute atomic E-state index is 13.2. The topological polar surface area (TPSA) is 80.3 Å². The smallest absolute Gasteiger partial charge is 0.257 e. The summed E-state index contributed by atoms with van der Waals surface area (Å²) in [5, 5.41) is 2.99. The third kappa shape index (κ3) is 5.99. The highest BCUT2D eigenvalue weighted by atomic mass is 16.5. The number of carbonyl (C=O) groups is 2. The summed E-state index contributed by atoms with van der Waals surface area (Å²) in [6.07, 6.45) is 1.37. The lowest BCUT2D eigenvalue weighted by Crippen LogP contribution is -2.45. The van der Waals surface area contributed by atoms with Crippen molar-refractivity contribution >= 4 is 17.5 Å². The van der Waals surface area contributed by atoms with Gasteiger partial charge >= 0.3 is 0 Å². The first-order valence-corrected chi connectivity index (χ1v) is 11.4. The Kier molecular flexibility index (Phi) is 8.51. The van der Waals surface area contributed by atoms with Gasteiger partial charge < -0.3 is 24.4 Å². The number of benzene rings is 1. The van der Waals surface area contributed by atoms with Gasteiger partial charge in [0, 0.05) is 64.2 Å². The molecule has 1 N–H and O–H groups in total. The molecule has 3 atom stereocenters. The standard InChI is InChI=1S/C24H37N3O5/c1-16-13-26(3)17(2)15-32-21-12-19(25-23(28)18-8-10-31-11-9-18)6-7-20(21)24(29)27(4)14-22(16)30-5/h6-7,12,16-18,22H,8-11,13-15H2,1-5H3,(H,25,28)/t16-,17+,22-/m0/s1. The van der Waals surface area contributed by atoms with Gasteiger partial charge in [-0.15, -0.1) is 0 Å². The van der Waals surface area contributed by atoms with Crippen molar-refractivity contribution in [2.75, 3.05) is 59.4 Å². The molecule has 2 aliphatic rings. The predicted octanol–water partition coefficient (Wildman–Crippen LogP) is 2.49. The summed E-state index contributed by atoms with van der Waals surface area (Å²) in [4.78, 5) is 29.8. The molecule has 1 saturated heterocycles. The van der Waals surface area contributed by atoms with Crippen LogP contribution in [0.4, 0.5) is 5.69 Å². The molecule has 0 radical (unpaired) electrons. The van der Waals surface area contributed by atoms with E-state index in [0.29, 0.717) is 43.4 Å². The quantitative estimate of drug-likeness (QED) is 0.767. The number of rotatable bonds is 3. The van der Waals surface area contributed by atoms with E-state index in [1.165, 1.54) is 0 Å². The van der Waals surface area contributed by atoms with Gasteiger partial charge in [0.05, 0.1) is 11.7 Å². The molecule has 2 aliphatic heterocycles. The Hall–Kier alpha value is -2.16. The van der Waals surface area contributed by atoms with E-state index >= 15 is 0 Å². The number of fused-ring (bicyclic) bond motifs is 1. The van der Waals surface area contributed by atoms with Crippen LogP contribution < -0.4 is 10.1 Å². The fraction of sp³-hybridized carbons (Fsp3) is 0.667. The fourth-order valence-corrected chi connectivity index (χ4v) is 4.23. The molecule has 3 rings (SSSR count). The molecule has 8 nitrogen and oxygen atoms in total. The van der Waals surface area contributed by atoms with Gasteiger partial charge in [-0.25, -0.2) is 0 Å². The van der Waals surface area contributed by atoms with Gasteiger partial charge in [-0.3, -0.25) is 14.5 Å². The molecule has 0 spiro atoms. The minimum absolute atomic E-state index is 0.0186. The number of methoxy groups -OCH3 is 1. The predicted molar refractivity (Wildman–Crippen MR) is 123 cm³/mol. The van der Waals surface area contributed by atoms with Crippen molar-refractivity contribution in [3.8, 4) is 5.75 Å². The third-order valence-electron chi connectivity index (χ3n) is 6.62. The van der Waals surface area contributed by atoms with Crippen LogP contribution in [0.2, 0.25) is 0 Å². The number of nitrogens with zero attached hydrogens (tertiary/aromatic N) is 2. The van der Waals surface area contributed by atoms with Gasteiger partial charge in [-0.2, -0.15) is 0 Å². The molecule has 0 saturated carbocycles. The lowest BCUT2D eigenvalue weighted by atomic mass is 9.99. The first-order valence-electron chi connectivity index (χ1n) is 11.4. The summed E-state index contributed by atoms with van der Waals surface area (Å²) in [6, 6.07) is 5.41. The van der Waals surface area contributed by atoms with Crippen LogP contribution >= 0.6 is 0 Å². The van der Waals surface area contributed by atoms with E-state index in [2.05, 4.69) is 31.1 Å². The monoisotopic (exact) mass is 447 g/mol. The second-order valence-electron chi connectivity index (χ2n) is 9.12. The van der Waals surface area contributed by atoms with Crippen molar-refractivity contribution in [1.29, 1.82) is 0 Å². The number of likely N-dealkylation sites (N-methyl/N-ethyl adjacent to an activating group) is 2. The maximum Gasteiger partial charge on any atom is 0.257 e. The third-order valence-corrected chi connectivity index (χ3v) is 6.62. The Balaban J connectivity index is 1.84. The van der Waals surface area contributed by atoms with Crippen molar-refractivity contribution in [1.82, 2.24) is 9.80 Å². The summed E-state index contributed by atoms with van der Waals surface area (Å²) in [6.45, 7) is 7.22. The molecular weight excluding hydrogens is 410 g/mol. The number of hydrogen-bond donors (Lipinski definition) is 1. The summed E-state index contributed by atoms with van der Waals surface area (Å²) >= 11 is 0. The van der Waals surface area contributed by atoms with Crippen LogP contribution in [-0.2, 0) is 14.3 Å². The summed E-state index contributed by atoms with van der Waals surface area (Å²) in [5.74, 6) is 0.534. The Bertz CT molecular complexity index is 796. The Labute approximate surface area is 191 Å². The molecule has 178 valence electrons. The Morgan fingerprint density at radius 2 is 1.88 bits per heavy atom. The highest BCUT2D eigenvalue weighted by Crippen LogP contribution is 2.27. The van der Waals surface area contributed by atoms with E-state index in [-0.39, 0.29) is 35.8 Å². The average molecular weight is 448 g/mol. The Morgan fingerprint density at radius 1 is 1.16 bits per heavy atom. The second kappa shape index (κ2) is 11.1. The first kappa shape index (κ1) is 24.5. The molecule has 0 unspecified atom stereocenters. The molecule has 2 amide bonds. The molecule has 0 bridgehead atoms. The van der Waals surface area contributed by atoms with Crippen LogP contribution in [0.15, 0.2) is 18.2 Å². The normalized spacial score (nSPS) is 26.5. The van der Waals surface area contributed by atoms with Crippen LogP contribution in [0.25, 0.3) is 0 Å². The van der Waals surface area contributed by atoms with E-state index in [4.69, 9.17) is 14.2 Å². The number of hydrogen-bond acceptors (Lipinski definition) is 6. The van der Waals surface area contributed by atoms with Crippen molar-refractivity contribution < 1.29 is 23.8 Å². The lowest BCUT2D eigenvalue weighted by molar-refractivity contribution is -0.122. The van der Waals surface area contributed by atoms with Crippen molar-refractivity contribution in [2.24, 2.45) is 11.8 Å². The van der Waals surface area contributed by atoms with Crippen molar-refractivity contribution in [3.63, 3.8) is 0 Å². The van der Waals surface area contributed by atoms with Crippen molar-refractivity contribution in [2.45, 2.75) is 38.8 Å². The zero-order valence-corrected chi connectivity index (χ0v) is 19.9. The number of anilines is 1. The van der Waals surface area contributed by atoms with Crippen LogP contribution in [0, 0.1) is 11.8 Å². The summed E-state index contributed by atoms with van der Waals surface area (Å²) in [7, 11) is 5.55. The van der Waals surface area contributed by atoms with Gasteiger partial charge in [0.15, 0.2) is 0 Å². The fourth-order valence-electron chi connectivity index (χ4n) is 4.23. The summed E-state index contributed by atoms with van der Waals surface area (Å²) < 4.78 is 17.2. The van der Waals surface area contributed by atoms with E-state index in [9.17, 15) is 9.59 Å². The highest BCUT2D eigenvalue weighted by Gasteiger charge is 2.27. The average Bonchev–Trinajstić information content (AvgIpc) is 2.80. The van der Waals surface area contributed by atoms with Gasteiger partial charge in [0.1, 0.15) is 12.4 Å². The molecule has 1 fully saturated rings. The van der Waals surface area contributed by atoms with Gasteiger partial charge in [-0.05, 0) is 44.9 Å². The van der Waals surface area contributed by atoms with E-state index in [0.717, 1.165) is 19.4 Å². The minimum Gasteiger partial charge on any atom is -0.491 e. The van der Waals surface area contributed by atoms with E-state index in [1.54, 1.807) is 37.3 Å². The maximum atomic E-state index is 13.2. The van der Waals surface area contributed by atoms with Crippen molar-refractivity contribution in [3.05, 3.63) is 23.8 Å². The number of nitrogens with one attached hydrogen (secondary N) is 1. The van der Waals surface area contributed by atoms with Crippen LogP contribution in [-0.4, -0.2) is 87.9 Å². The molecule has 32 heavy (non-hydrogen) atoms. The molecule has 0 aliphatic carbocycles. The number of ether oxygens (including phenoxy) is 3. The van der Waals surface area contributed by atoms with Gasteiger partial charge in [0.2, 0.25) is 5.91 Å². The van der Waals surface area contributed by atoms with Gasteiger partial charge in [-0.1, -0.05) is 6.92 Å². The number of amides is 2. The SMILES string of the molecule is CO[C@H]1CN(C)C(=O)c2ccc(NC(=O)C3CCOCC3)cc2OC[C@@H](C)N(C)C[C@@H]1C. The molecule has 1 aromatic rings. The minimum atomic E-state index is -0.127. The molecule has 0 aromatic heterocycles.